The van der Waals surface area contributed by atoms with Crippen molar-refractivity contribution >= 4 is 11.7 Å². The molecule has 1 aliphatic heterocycles. The molecular formula is C28H27F5N2O2. The fourth-order valence-electron chi connectivity index (χ4n) is 4.58. The molecule has 3 aromatic rings. The first kappa shape index (κ1) is 26.6. The highest BCUT2D eigenvalue weighted by Gasteiger charge is 2.58. The number of hydrogen-bond acceptors (Lipinski definition) is 3. The van der Waals surface area contributed by atoms with Crippen LogP contribution in [0.2, 0.25) is 0 Å². The van der Waals surface area contributed by atoms with Crippen LogP contribution in [0.3, 0.4) is 0 Å². The van der Waals surface area contributed by atoms with Gasteiger partial charge in [-0.25, -0.2) is 0 Å². The molecule has 37 heavy (non-hydrogen) atoms. The van der Waals surface area contributed by atoms with Gasteiger partial charge in [0, 0.05) is 17.8 Å². The Hall–Kier alpha value is -3.46. The second-order valence-corrected chi connectivity index (χ2v) is 9.27. The van der Waals surface area contributed by atoms with Crippen LogP contribution in [0.25, 0.3) is 0 Å². The Kier molecular flexibility index (Phi) is 7.82. The summed E-state index contributed by atoms with van der Waals surface area (Å²) in [6, 6.07) is 20.6. The smallest absolute Gasteiger partial charge is 0.458 e. The molecule has 3 aromatic carbocycles. The van der Waals surface area contributed by atoms with Crippen molar-refractivity contribution in [1.82, 2.24) is 4.90 Å². The van der Waals surface area contributed by atoms with Crippen LogP contribution < -0.4 is 5.32 Å². The van der Waals surface area contributed by atoms with Crippen molar-refractivity contribution in [3.8, 4) is 0 Å². The number of piperidine rings is 1. The predicted molar refractivity (Wildman–Crippen MR) is 130 cm³/mol. The largest absolute Gasteiger partial charge is 0.481 e. The maximum absolute atomic E-state index is 13.8. The summed E-state index contributed by atoms with van der Waals surface area (Å²) in [6.07, 6.45) is -4.46. The van der Waals surface area contributed by atoms with Crippen molar-refractivity contribution in [2.24, 2.45) is 5.92 Å². The minimum absolute atomic E-state index is 0.307. The van der Waals surface area contributed by atoms with E-state index in [1.54, 1.807) is 0 Å². The van der Waals surface area contributed by atoms with E-state index in [2.05, 4.69) is 10.2 Å². The zero-order valence-corrected chi connectivity index (χ0v) is 19.9. The van der Waals surface area contributed by atoms with Crippen LogP contribution in [0.1, 0.15) is 41.1 Å². The van der Waals surface area contributed by atoms with Gasteiger partial charge in [0.25, 0.3) is 0 Å². The second-order valence-electron chi connectivity index (χ2n) is 9.27. The third-order valence-corrected chi connectivity index (χ3v) is 6.68. The minimum Gasteiger partial charge on any atom is -0.481 e. The quantitative estimate of drug-likeness (QED) is 0.321. The molecule has 196 valence electrons. The molecule has 0 bridgehead atoms. The van der Waals surface area contributed by atoms with Crippen LogP contribution in [0, 0.1) is 5.92 Å². The molecule has 0 aliphatic carbocycles. The second kappa shape index (κ2) is 10.9. The first-order chi connectivity index (χ1) is 17.5. The molecule has 9 heteroatoms. The fourth-order valence-corrected chi connectivity index (χ4v) is 4.58. The van der Waals surface area contributed by atoms with Gasteiger partial charge < -0.3 is 10.4 Å². The van der Waals surface area contributed by atoms with Crippen molar-refractivity contribution < 1.29 is 31.9 Å². The Morgan fingerprint density at radius 3 is 2.11 bits per heavy atom. The molecule has 0 aromatic heterocycles. The van der Waals surface area contributed by atoms with Crippen LogP contribution in [0.5, 0.6) is 0 Å². The molecule has 4 rings (SSSR count). The lowest BCUT2D eigenvalue weighted by Crippen LogP contribution is -2.35. The number of likely N-dealkylation sites (tertiary alicyclic amines) is 1. The van der Waals surface area contributed by atoms with E-state index < -0.39 is 29.7 Å². The van der Waals surface area contributed by atoms with Gasteiger partial charge in [-0.1, -0.05) is 66.7 Å². The average Bonchev–Trinajstić information content (AvgIpc) is 2.88. The molecule has 1 aliphatic rings. The Bertz CT molecular complexity index is 1190. The number of carbonyl (C=O) groups is 1. The first-order valence-corrected chi connectivity index (χ1v) is 11.9. The molecular weight excluding hydrogens is 491 g/mol. The van der Waals surface area contributed by atoms with E-state index in [1.165, 1.54) is 12.1 Å². The number of nitrogens with zero attached hydrogens (tertiary/aromatic N) is 1. The van der Waals surface area contributed by atoms with Gasteiger partial charge in [-0.15, -0.1) is 0 Å². The zero-order valence-electron chi connectivity index (χ0n) is 19.9. The number of carboxylic acid groups (broad SMARTS) is 1. The SMILES string of the molecule is O=C(O)C1CCN(Cc2cccc(NC(c3ccccc3)c3ccc(C(F)(F)C(F)(F)F)cc3)c2)CC1. The number of hydrogen-bond donors (Lipinski definition) is 2. The molecule has 1 atom stereocenters. The standard InChI is InChI=1S/C28H27F5N2O2/c29-27(30,28(31,32)33)23-11-9-21(10-12-23)25(20-6-2-1-3-7-20)34-24-8-4-5-19(17-24)18-35-15-13-22(14-16-35)26(36)37/h1-12,17,22,25,34H,13-16,18H2,(H,36,37). The zero-order chi connectivity index (χ0) is 26.6. The van der Waals surface area contributed by atoms with Crippen molar-refractivity contribution in [1.29, 1.82) is 0 Å². The molecule has 1 fully saturated rings. The number of nitrogens with one attached hydrogen (secondary N) is 1. The first-order valence-electron chi connectivity index (χ1n) is 11.9. The lowest BCUT2D eigenvalue weighted by Gasteiger charge is -2.30. The number of aliphatic carboxylic acids is 1. The van der Waals surface area contributed by atoms with E-state index >= 15 is 0 Å². The molecule has 2 N–H and O–H groups in total. The van der Waals surface area contributed by atoms with Crippen molar-refractivity contribution in [2.75, 3.05) is 18.4 Å². The fraction of sp³-hybridized carbons (Fsp3) is 0.321. The summed E-state index contributed by atoms with van der Waals surface area (Å²) in [5, 5.41) is 12.6. The van der Waals surface area contributed by atoms with E-state index in [9.17, 15) is 31.9 Å². The summed E-state index contributed by atoms with van der Waals surface area (Å²) in [7, 11) is 0. The normalized spacial score (nSPS) is 16.4. The van der Waals surface area contributed by atoms with Crippen LogP contribution in [0.15, 0.2) is 78.9 Å². The van der Waals surface area contributed by atoms with E-state index in [0.717, 1.165) is 28.9 Å². The number of alkyl halides is 5. The Labute approximate surface area is 211 Å². The summed E-state index contributed by atoms with van der Waals surface area (Å²) in [6.45, 7) is 2.03. The number of carboxylic acids is 1. The van der Waals surface area contributed by atoms with Gasteiger partial charge in [-0.05, 0) is 54.8 Å². The van der Waals surface area contributed by atoms with E-state index in [1.807, 2.05) is 54.6 Å². The lowest BCUT2D eigenvalue weighted by molar-refractivity contribution is -0.289. The summed E-state index contributed by atoms with van der Waals surface area (Å²) >= 11 is 0. The van der Waals surface area contributed by atoms with Gasteiger partial charge in [-0.3, -0.25) is 9.69 Å². The summed E-state index contributed by atoms with van der Waals surface area (Å²) in [4.78, 5) is 13.4. The third kappa shape index (κ3) is 6.28. The molecule has 4 nitrogen and oxygen atoms in total. The number of benzene rings is 3. The maximum Gasteiger partial charge on any atom is 0.458 e. The van der Waals surface area contributed by atoms with Gasteiger partial charge in [0.05, 0.1) is 12.0 Å². The molecule has 1 unspecified atom stereocenters. The van der Waals surface area contributed by atoms with Gasteiger partial charge >= 0.3 is 18.1 Å². The number of rotatable bonds is 8. The Morgan fingerprint density at radius 1 is 0.892 bits per heavy atom. The average molecular weight is 519 g/mol. The van der Waals surface area contributed by atoms with E-state index in [-0.39, 0.29) is 5.92 Å². The van der Waals surface area contributed by atoms with Crippen LogP contribution in [0.4, 0.5) is 27.6 Å². The molecule has 0 radical (unpaired) electrons. The van der Waals surface area contributed by atoms with E-state index in [4.69, 9.17) is 0 Å². The topological polar surface area (TPSA) is 52.6 Å². The molecule has 0 saturated carbocycles. The maximum atomic E-state index is 13.8. The number of halogens is 5. The van der Waals surface area contributed by atoms with Crippen LogP contribution >= 0.6 is 0 Å². The van der Waals surface area contributed by atoms with Crippen LogP contribution in [-0.2, 0) is 17.3 Å². The highest BCUT2D eigenvalue weighted by Crippen LogP contribution is 2.44. The van der Waals surface area contributed by atoms with Crippen LogP contribution in [-0.4, -0.2) is 35.2 Å². The van der Waals surface area contributed by atoms with Crippen molar-refractivity contribution in [3.63, 3.8) is 0 Å². The van der Waals surface area contributed by atoms with Crippen molar-refractivity contribution in [3.05, 3.63) is 101 Å². The third-order valence-electron chi connectivity index (χ3n) is 6.68. The summed E-state index contributed by atoms with van der Waals surface area (Å²) in [5.74, 6) is -6.00. The van der Waals surface area contributed by atoms with E-state index in [0.29, 0.717) is 38.0 Å². The highest BCUT2D eigenvalue weighted by molar-refractivity contribution is 5.70. The Morgan fingerprint density at radius 2 is 1.51 bits per heavy atom. The van der Waals surface area contributed by atoms with Gasteiger partial charge in [0.2, 0.25) is 0 Å². The predicted octanol–water partition coefficient (Wildman–Crippen LogP) is 6.84. The Balaban J connectivity index is 1.54. The van der Waals surface area contributed by atoms with Gasteiger partial charge in [-0.2, -0.15) is 22.0 Å². The summed E-state index contributed by atoms with van der Waals surface area (Å²) < 4.78 is 66.0. The monoisotopic (exact) mass is 518 g/mol. The molecule has 1 saturated heterocycles. The molecule has 0 amide bonds. The molecule has 1 heterocycles. The lowest BCUT2D eigenvalue weighted by atomic mass is 9.95. The molecule has 0 spiro atoms. The highest BCUT2D eigenvalue weighted by atomic mass is 19.4. The minimum atomic E-state index is -5.67. The number of anilines is 1. The van der Waals surface area contributed by atoms with Gasteiger partial charge in [0.1, 0.15) is 0 Å². The summed E-state index contributed by atoms with van der Waals surface area (Å²) in [5.41, 5.74) is 2.03. The van der Waals surface area contributed by atoms with Crippen molar-refractivity contribution in [2.45, 2.75) is 37.5 Å². The van der Waals surface area contributed by atoms with Gasteiger partial charge in [0.15, 0.2) is 0 Å².